The first-order chi connectivity index (χ1) is 14.1. The van der Waals surface area contributed by atoms with Crippen molar-refractivity contribution in [1.82, 2.24) is 4.98 Å². The van der Waals surface area contributed by atoms with Gasteiger partial charge in [-0.2, -0.15) is 0 Å². The van der Waals surface area contributed by atoms with Crippen molar-refractivity contribution in [3.63, 3.8) is 0 Å². The Morgan fingerprint density at radius 3 is 2.17 bits per heavy atom. The molecule has 166 valence electrons. The van der Waals surface area contributed by atoms with Crippen molar-refractivity contribution in [2.75, 3.05) is 13.2 Å². The first kappa shape index (κ1) is 29.2. The molecule has 0 aliphatic rings. The monoisotopic (exact) mass is 402 g/mol. The van der Waals surface area contributed by atoms with Crippen LogP contribution >= 0.6 is 0 Å². The molecule has 1 aromatic carbocycles. The zero-order chi connectivity index (χ0) is 22.5. The third kappa shape index (κ3) is 13.8. The predicted molar refractivity (Wildman–Crippen MR) is 132 cm³/mol. The number of allylic oxidation sites excluding steroid dienone is 2. The fourth-order valence-electron chi connectivity index (χ4n) is 2.43. The average molecular weight is 403 g/mol. The van der Waals surface area contributed by atoms with Gasteiger partial charge in [0, 0.05) is 25.8 Å². The first-order valence-corrected chi connectivity index (χ1v) is 11.1. The van der Waals surface area contributed by atoms with Crippen LogP contribution in [0.5, 0.6) is 0 Å². The number of hydrogen-bond donors (Lipinski definition) is 1. The van der Waals surface area contributed by atoms with Crippen molar-refractivity contribution < 1.29 is 6.16 Å². The highest BCUT2D eigenvalue weighted by Gasteiger charge is 2.06. The molecule has 1 unspecified atom stereocenters. The molecule has 1 heterocycles. The van der Waals surface area contributed by atoms with Gasteiger partial charge in [0.25, 0.3) is 0 Å². The van der Waals surface area contributed by atoms with Crippen LogP contribution in [0.4, 0.5) is 0 Å². The maximum absolute atomic E-state index is 6.01. The van der Waals surface area contributed by atoms with Crippen molar-refractivity contribution in [2.24, 2.45) is 5.73 Å². The summed E-state index contributed by atoms with van der Waals surface area (Å²) in [4.78, 5) is 4.55. The van der Waals surface area contributed by atoms with Crippen LogP contribution < -0.4 is 5.73 Å². The highest BCUT2D eigenvalue weighted by Crippen LogP contribution is 2.21. The third-order valence-electron chi connectivity index (χ3n) is 3.75. The van der Waals surface area contributed by atoms with E-state index < -0.39 is 0 Å². The van der Waals surface area contributed by atoms with E-state index in [-0.39, 0.29) is 7.47 Å². The maximum Gasteiger partial charge on any atom is 0.0704 e. The Morgan fingerprint density at radius 1 is 1.07 bits per heavy atom. The van der Waals surface area contributed by atoms with Gasteiger partial charge in [0.15, 0.2) is 0 Å². The van der Waals surface area contributed by atoms with Crippen molar-refractivity contribution in [3.8, 4) is 11.3 Å². The van der Waals surface area contributed by atoms with E-state index in [2.05, 4.69) is 55.2 Å². The lowest BCUT2D eigenvalue weighted by molar-refractivity contribution is 0.133. The number of rotatable bonds is 7. The van der Waals surface area contributed by atoms with Crippen LogP contribution in [0, 0.1) is 6.92 Å². The van der Waals surface area contributed by atoms with Crippen LogP contribution in [-0.4, -0.2) is 24.2 Å². The molecule has 1 aromatic heterocycles. The van der Waals surface area contributed by atoms with E-state index >= 15 is 0 Å². The van der Waals surface area contributed by atoms with Gasteiger partial charge >= 0.3 is 0 Å². The number of nitrogens with zero attached hydrogens (tertiary/aromatic N) is 1. The SMILES string of the molecule is C/C=C\CC.CC.CC.CCOCC(N)Cc1ccc(-c2ccccc2C)nc1.[HH]. The number of benzene rings is 1. The largest absolute Gasteiger partial charge is 0.380 e. The number of ether oxygens (including phenoxy) is 1. The molecule has 0 fully saturated rings. The zero-order valence-electron chi connectivity index (χ0n) is 20.0. The van der Waals surface area contributed by atoms with Crippen LogP contribution in [0.1, 0.15) is 67.4 Å². The number of aromatic nitrogens is 1. The molecule has 0 aliphatic heterocycles. The molecular formula is C26H46N2O. The fourth-order valence-corrected chi connectivity index (χ4v) is 2.43. The molecule has 1 atom stereocenters. The maximum atomic E-state index is 6.01. The molecule has 2 N–H and O–H groups in total. The Labute approximate surface area is 181 Å². The Balaban J connectivity index is -0.000000629. The molecule has 0 saturated heterocycles. The second kappa shape index (κ2) is 20.8. The summed E-state index contributed by atoms with van der Waals surface area (Å²) in [5, 5.41) is 0. The van der Waals surface area contributed by atoms with Crippen molar-refractivity contribution in [2.45, 2.75) is 74.3 Å². The van der Waals surface area contributed by atoms with Crippen molar-refractivity contribution in [3.05, 3.63) is 65.9 Å². The molecule has 2 rings (SSSR count). The van der Waals surface area contributed by atoms with E-state index in [0.717, 1.165) is 24.1 Å². The molecule has 0 spiro atoms. The van der Waals surface area contributed by atoms with Gasteiger partial charge in [-0.3, -0.25) is 4.98 Å². The van der Waals surface area contributed by atoms with Gasteiger partial charge in [0.05, 0.1) is 12.3 Å². The number of hydrogen-bond acceptors (Lipinski definition) is 3. The summed E-state index contributed by atoms with van der Waals surface area (Å²) in [5.41, 5.74) is 10.6. The van der Waals surface area contributed by atoms with E-state index in [1.165, 1.54) is 11.1 Å². The Kier molecular flexibility index (Phi) is 20.9. The minimum atomic E-state index is 0. The smallest absolute Gasteiger partial charge is 0.0704 e. The lowest BCUT2D eigenvalue weighted by atomic mass is 10.0. The molecule has 2 aromatic rings. The minimum absolute atomic E-state index is 0. The van der Waals surface area contributed by atoms with Crippen molar-refractivity contribution >= 4 is 0 Å². The lowest BCUT2D eigenvalue weighted by Gasteiger charge is -2.11. The Bertz CT molecular complexity index is 627. The van der Waals surface area contributed by atoms with Gasteiger partial charge in [-0.15, -0.1) is 0 Å². The van der Waals surface area contributed by atoms with Gasteiger partial charge in [0.1, 0.15) is 0 Å². The summed E-state index contributed by atoms with van der Waals surface area (Å²) < 4.78 is 5.33. The lowest BCUT2D eigenvalue weighted by Crippen LogP contribution is -2.28. The molecule has 0 bridgehead atoms. The van der Waals surface area contributed by atoms with Crippen LogP contribution in [0.25, 0.3) is 11.3 Å². The second-order valence-electron chi connectivity index (χ2n) is 5.97. The first-order valence-electron chi connectivity index (χ1n) is 11.1. The second-order valence-corrected chi connectivity index (χ2v) is 5.97. The number of pyridine rings is 1. The highest BCUT2D eigenvalue weighted by molar-refractivity contribution is 5.63. The Hall–Kier alpha value is -1.97. The van der Waals surface area contributed by atoms with Gasteiger partial charge in [-0.1, -0.05) is 77.1 Å². The van der Waals surface area contributed by atoms with E-state index in [4.69, 9.17) is 10.5 Å². The quantitative estimate of drug-likeness (QED) is 0.497. The summed E-state index contributed by atoms with van der Waals surface area (Å²) in [5.74, 6) is 0. The van der Waals surface area contributed by atoms with Crippen LogP contribution in [0.15, 0.2) is 54.7 Å². The van der Waals surface area contributed by atoms with Crippen LogP contribution in [0.3, 0.4) is 0 Å². The van der Waals surface area contributed by atoms with E-state index in [0.29, 0.717) is 13.2 Å². The standard InChI is InChI=1S/C17H22N2O.C5H10.2C2H6.H2/c1-3-20-12-15(18)10-14-8-9-17(19-11-14)16-7-5-4-6-13(16)2;1-3-5-4-2;2*1-2;/h4-9,11,15H,3,10,12,18H2,1-2H3;3,5H,4H2,1-2H3;2*1-2H3;1H/b;5-3-;;;. The molecule has 3 nitrogen and oxygen atoms in total. The summed E-state index contributed by atoms with van der Waals surface area (Å²) in [6.45, 7) is 17.5. The predicted octanol–water partition coefficient (Wildman–Crippen LogP) is 7.23. The molecule has 0 amide bonds. The zero-order valence-corrected chi connectivity index (χ0v) is 20.0. The summed E-state index contributed by atoms with van der Waals surface area (Å²) in [6.07, 6.45) is 8.05. The summed E-state index contributed by atoms with van der Waals surface area (Å²) in [6, 6.07) is 12.5. The summed E-state index contributed by atoms with van der Waals surface area (Å²) >= 11 is 0. The Morgan fingerprint density at radius 2 is 1.72 bits per heavy atom. The number of nitrogens with two attached hydrogens (primary N) is 1. The average Bonchev–Trinajstić information content (AvgIpc) is 2.77. The van der Waals surface area contributed by atoms with Gasteiger partial charge < -0.3 is 10.5 Å². The number of aryl methyl sites for hydroxylation is 1. The molecule has 29 heavy (non-hydrogen) atoms. The van der Waals surface area contributed by atoms with Crippen LogP contribution in [-0.2, 0) is 11.2 Å². The van der Waals surface area contributed by atoms with Crippen LogP contribution in [0.2, 0.25) is 0 Å². The van der Waals surface area contributed by atoms with Crippen molar-refractivity contribution in [1.29, 1.82) is 0 Å². The van der Waals surface area contributed by atoms with Gasteiger partial charge in [0.2, 0.25) is 0 Å². The van der Waals surface area contributed by atoms with Gasteiger partial charge in [-0.05, 0) is 50.8 Å². The van der Waals surface area contributed by atoms with E-state index in [1.807, 2.05) is 59.9 Å². The van der Waals surface area contributed by atoms with E-state index in [9.17, 15) is 0 Å². The molecule has 0 radical (unpaired) electrons. The highest BCUT2D eigenvalue weighted by atomic mass is 16.5. The molecular weight excluding hydrogens is 356 g/mol. The third-order valence-corrected chi connectivity index (χ3v) is 3.75. The van der Waals surface area contributed by atoms with Gasteiger partial charge in [-0.25, -0.2) is 0 Å². The topological polar surface area (TPSA) is 48.1 Å². The minimum Gasteiger partial charge on any atom is -0.380 e. The fraction of sp³-hybridized carbons (Fsp3) is 0.500. The normalized spacial score (nSPS) is 10.7. The van der Waals surface area contributed by atoms with E-state index in [1.54, 1.807) is 0 Å². The summed E-state index contributed by atoms with van der Waals surface area (Å²) in [7, 11) is 0. The molecule has 3 heteroatoms. The molecule has 0 saturated carbocycles. The molecule has 0 aliphatic carbocycles.